The van der Waals surface area contributed by atoms with E-state index >= 15 is 0 Å². The summed E-state index contributed by atoms with van der Waals surface area (Å²) in [7, 11) is 2.07. The maximum Gasteiger partial charge on any atom is 0.260 e. The average molecular weight is 442 g/mol. The molecule has 1 aliphatic rings. The van der Waals surface area contributed by atoms with Crippen molar-refractivity contribution < 1.29 is 9.53 Å². The van der Waals surface area contributed by atoms with Gasteiger partial charge >= 0.3 is 0 Å². The van der Waals surface area contributed by atoms with E-state index in [0.717, 1.165) is 54.1 Å². The summed E-state index contributed by atoms with van der Waals surface area (Å²) in [5, 5.41) is 5.90. The number of aromatic nitrogens is 3. The fraction of sp³-hybridized carbons (Fsp3) is 0.269. The molecule has 1 fully saturated rings. The topological polar surface area (TPSA) is 63.5 Å². The molecule has 2 aromatic carbocycles. The Hall–Kier alpha value is -3.71. The van der Waals surface area contributed by atoms with Gasteiger partial charge in [0.1, 0.15) is 5.69 Å². The highest BCUT2D eigenvalue weighted by Gasteiger charge is 2.21. The first-order chi connectivity index (χ1) is 16.1. The number of likely N-dealkylation sites (N-methyl/N-ethyl adjacent to an activating group) is 1. The fourth-order valence-corrected chi connectivity index (χ4v) is 4.17. The number of para-hydroxylation sites is 1. The Balaban J connectivity index is 1.50. The third-order valence-corrected chi connectivity index (χ3v) is 6.06. The van der Waals surface area contributed by atoms with E-state index < -0.39 is 0 Å². The SMILES string of the molecule is Cc1cc(OCC(=O)N2CCN(C)CC2)nc2c1c(-c1ccccc1)nn2-c1ccccc1. The number of rotatable bonds is 5. The average Bonchev–Trinajstić information content (AvgIpc) is 3.24. The first kappa shape index (κ1) is 21.2. The highest BCUT2D eigenvalue weighted by molar-refractivity contribution is 5.95. The molecule has 168 valence electrons. The van der Waals surface area contributed by atoms with Crippen molar-refractivity contribution in [3.8, 4) is 22.8 Å². The van der Waals surface area contributed by atoms with E-state index in [1.54, 1.807) is 0 Å². The highest BCUT2D eigenvalue weighted by Crippen LogP contribution is 2.33. The van der Waals surface area contributed by atoms with E-state index in [-0.39, 0.29) is 12.5 Å². The molecule has 0 aliphatic carbocycles. The molecule has 0 saturated carbocycles. The number of piperazine rings is 1. The van der Waals surface area contributed by atoms with Gasteiger partial charge in [0.2, 0.25) is 5.88 Å². The van der Waals surface area contributed by atoms with E-state index in [0.29, 0.717) is 11.5 Å². The Morgan fingerprint density at radius 2 is 1.64 bits per heavy atom. The molecule has 7 heteroatoms. The largest absolute Gasteiger partial charge is 0.467 e. The summed E-state index contributed by atoms with van der Waals surface area (Å²) in [6.45, 7) is 5.23. The predicted molar refractivity (Wildman–Crippen MR) is 129 cm³/mol. The number of carbonyl (C=O) groups excluding carboxylic acids is 1. The zero-order valence-corrected chi connectivity index (χ0v) is 18.9. The maximum absolute atomic E-state index is 12.6. The molecule has 3 heterocycles. The van der Waals surface area contributed by atoms with Crippen LogP contribution < -0.4 is 4.74 Å². The van der Waals surface area contributed by atoms with Gasteiger partial charge in [-0.1, -0.05) is 48.5 Å². The van der Waals surface area contributed by atoms with Gasteiger partial charge in [-0.2, -0.15) is 10.1 Å². The van der Waals surface area contributed by atoms with Crippen LogP contribution in [-0.4, -0.2) is 70.3 Å². The van der Waals surface area contributed by atoms with Crippen LogP contribution in [0, 0.1) is 6.92 Å². The minimum Gasteiger partial charge on any atom is -0.467 e. The van der Waals surface area contributed by atoms with E-state index in [1.807, 2.05) is 71.1 Å². The summed E-state index contributed by atoms with van der Waals surface area (Å²) >= 11 is 0. The smallest absolute Gasteiger partial charge is 0.260 e. The van der Waals surface area contributed by atoms with Crippen LogP contribution in [0.25, 0.3) is 28.0 Å². The molecule has 0 bridgehead atoms. The number of aryl methyl sites for hydroxylation is 1. The molecular weight excluding hydrogens is 414 g/mol. The first-order valence-corrected chi connectivity index (χ1v) is 11.2. The number of pyridine rings is 1. The second kappa shape index (κ2) is 9.03. The molecule has 33 heavy (non-hydrogen) atoms. The van der Waals surface area contributed by atoms with E-state index in [4.69, 9.17) is 14.8 Å². The van der Waals surface area contributed by atoms with Gasteiger partial charge in [0.25, 0.3) is 5.91 Å². The summed E-state index contributed by atoms with van der Waals surface area (Å²) in [5.41, 5.74) is 4.54. The zero-order valence-electron chi connectivity index (χ0n) is 18.9. The summed E-state index contributed by atoms with van der Waals surface area (Å²) in [4.78, 5) is 21.5. The molecular formula is C26H27N5O2. The van der Waals surface area contributed by atoms with E-state index in [9.17, 15) is 4.79 Å². The second-order valence-corrected chi connectivity index (χ2v) is 8.41. The maximum atomic E-state index is 12.6. The van der Waals surface area contributed by atoms with E-state index in [1.165, 1.54) is 0 Å². The lowest BCUT2D eigenvalue weighted by molar-refractivity contribution is -0.135. The van der Waals surface area contributed by atoms with Gasteiger partial charge in [0.15, 0.2) is 12.3 Å². The van der Waals surface area contributed by atoms with Crippen molar-refractivity contribution in [2.75, 3.05) is 39.8 Å². The van der Waals surface area contributed by atoms with Crippen molar-refractivity contribution >= 4 is 16.9 Å². The van der Waals surface area contributed by atoms with Crippen LogP contribution >= 0.6 is 0 Å². The number of ether oxygens (including phenoxy) is 1. The zero-order chi connectivity index (χ0) is 22.8. The van der Waals surface area contributed by atoms with Crippen LogP contribution in [-0.2, 0) is 4.79 Å². The molecule has 7 nitrogen and oxygen atoms in total. The lowest BCUT2D eigenvalue weighted by atomic mass is 10.1. The molecule has 0 spiro atoms. The summed E-state index contributed by atoms with van der Waals surface area (Å²) < 4.78 is 7.73. The number of nitrogens with zero attached hydrogens (tertiary/aromatic N) is 5. The van der Waals surface area contributed by atoms with Crippen molar-refractivity contribution in [1.29, 1.82) is 0 Å². The third-order valence-electron chi connectivity index (χ3n) is 6.06. The highest BCUT2D eigenvalue weighted by atomic mass is 16.5. The molecule has 0 atom stereocenters. The quantitative estimate of drug-likeness (QED) is 0.474. The standard InChI is InChI=1S/C26H27N5O2/c1-19-17-22(33-18-23(32)30-15-13-29(2)14-16-30)27-26-24(19)25(20-9-5-3-6-10-20)28-31(26)21-11-7-4-8-12-21/h3-12,17H,13-16,18H2,1-2H3. The number of hydrogen-bond acceptors (Lipinski definition) is 5. The van der Waals surface area contributed by atoms with Crippen molar-refractivity contribution in [3.63, 3.8) is 0 Å². The Kier molecular flexibility index (Phi) is 5.79. The van der Waals surface area contributed by atoms with Crippen LogP contribution in [0.15, 0.2) is 66.7 Å². The number of fused-ring (bicyclic) bond motifs is 1. The number of carbonyl (C=O) groups is 1. The van der Waals surface area contributed by atoms with Gasteiger partial charge < -0.3 is 14.5 Å². The lowest BCUT2D eigenvalue weighted by Gasteiger charge is -2.32. The lowest BCUT2D eigenvalue weighted by Crippen LogP contribution is -2.48. The molecule has 1 aliphatic heterocycles. The first-order valence-electron chi connectivity index (χ1n) is 11.2. The van der Waals surface area contributed by atoms with Gasteiger partial charge in [0.05, 0.1) is 11.1 Å². The molecule has 0 radical (unpaired) electrons. The van der Waals surface area contributed by atoms with E-state index in [2.05, 4.69) is 24.1 Å². The third kappa shape index (κ3) is 4.32. The predicted octanol–water partition coefficient (Wildman–Crippen LogP) is 3.55. The molecule has 1 amide bonds. The van der Waals surface area contributed by atoms with Crippen LogP contribution in [0.4, 0.5) is 0 Å². The van der Waals surface area contributed by atoms with Crippen LogP contribution in [0.1, 0.15) is 5.56 Å². The molecule has 0 N–H and O–H groups in total. The normalized spacial score (nSPS) is 14.5. The number of hydrogen-bond donors (Lipinski definition) is 0. The van der Waals surface area contributed by atoms with Gasteiger partial charge in [-0.25, -0.2) is 4.68 Å². The van der Waals surface area contributed by atoms with Crippen molar-refractivity contribution in [3.05, 3.63) is 72.3 Å². The number of amides is 1. The van der Waals surface area contributed by atoms with Gasteiger partial charge in [0, 0.05) is 37.8 Å². The minimum atomic E-state index is -0.0212. The molecule has 2 aromatic heterocycles. The Bertz CT molecular complexity index is 1260. The summed E-state index contributed by atoms with van der Waals surface area (Å²) in [6, 6.07) is 21.9. The van der Waals surface area contributed by atoms with Crippen molar-refractivity contribution in [2.24, 2.45) is 0 Å². The Morgan fingerprint density at radius 1 is 0.970 bits per heavy atom. The summed E-state index contributed by atoms with van der Waals surface area (Å²) in [5.74, 6) is 0.420. The Morgan fingerprint density at radius 3 is 2.33 bits per heavy atom. The molecule has 1 saturated heterocycles. The fourth-order valence-electron chi connectivity index (χ4n) is 4.17. The van der Waals surface area contributed by atoms with Crippen molar-refractivity contribution in [1.82, 2.24) is 24.6 Å². The molecule has 4 aromatic rings. The van der Waals surface area contributed by atoms with Gasteiger partial charge in [-0.05, 0) is 31.7 Å². The molecule has 0 unspecified atom stereocenters. The monoisotopic (exact) mass is 441 g/mol. The molecule has 5 rings (SSSR count). The van der Waals surface area contributed by atoms with Crippen LogP contribution in [0.5, 0.6) is 5.88 Å². The minimum absolute atomic E-state index is 0.0100. The van der Waals surface area contributed by atoms with Crippen LogP contribution in [0.2, 0.25) is 0 Å². The second-order valence-electron chi connectivity index (χ2n) is 8.41. The summed E-state index contributed by atoms with van der Waals surface area (Å²) in [6.07, 6.45) is 0. The van der Waals surface area contributed by atoms with Crippen LogP contribution in [0.3, 0.4) is 0 Å². The Labute approximate surface area is 193 Å². The van der Waals surface area contributed by atoms with Gasteiger partial charge in [-0.3, -0.25) is 4.79 Å². The number of benzene rings is 2. The van der Waals surface area contributed by atoms with Gasteiger partial charge in [-0.15, -0.1) is 0 Å². The van der Waals surface area contributed by atoms with Crippen molar-refractivity contribution in [2.45, 2.75) is 6.92 Å².